The van der Waals surface area contributed by atoms with Gasteiger partial charge in [0.05, 0.1) is 16.9 Å². The van der Waals surface area contributed by atoms with Gasteiger partial charge in [-0.05, 0) is 51.5 Å². The van der Waals surface area contributed by atoms with Crippen LogP contribution >= 0.6 is 0 Å². The molecule has 0 aliphatic carbocycles. The molecule has 0 radical (unpaired) electrons. The van der Waals surface area contributed by atoms with Gasteiger partial charge in [0.25, 0.3) is 5.91 Å². The Morgan fingerprint density at radius 1 is 1.18 bits per heavy atom. The van der Waals surface area contributed by atoms with Gasteiger partial charge in [-0.3, -0.25) is 9.59 Å². The number of carbonyl (C=O) groups is 1. The first-order valence-corrected chi connectivity index (χ1v) is 13.0. The van der Waals surface area contributed by atoms with Crippen LogP contribution in [0.15, 0.2) is 57.7 Å². The quantitative estimate of drug-likeness (QED) is 0.503. The lowest BCUT2D eigenvalue weighted by Gasteiger charge is -2.29. The number of carbonyl (C=O) groups excluding carboxylic acids is 1. The highest BCUT2D eigenvalue weighted by Crippen LogP contribution is 2.28. The SMILES string of the molecule is CCN(C(=O)C(C)Oc1ccc2c(=O)c(Oc3ccccc3)c(C)oc2c1)C1CCS(=O)(=O)C1. The van der Waals surface area contributed by atoms with Crippen molar-refractivity contribution in [1.29, 1.82) is 0 Å². The Morgan fingerprint density at radius 3 is 2.56 bits per heavy atom. The van der Waals surface area contributed by atoms with Crippen LogP contribution in [-0.2, 0) is 14.6 Å². The number of rotatable bonds is 7. The van der Waals surface area contributed by atoms with Gasteiger partial charge in [0.2, 0.25) is 11.2 Å². The Labute approximate surface area is 198 Å². The summed E-state index contributed by atoms with van der Waals surface area (Å²) in [6, 6.07) is 13.4. The maximum Gasteiger partial charge on any atom is 0.263 e. The summed E-state index contributed by atoms with van der Waals surface area (Å²) in [6.45, 7) is 5.48. The number of likely N-dealkylation sites (N-methyl/N-ethyl adjacent to an activating group) is 1. The molecular formula is C25H27NO7S. The molecule has 8 nitrogen and oxygen atoms in total. The molecule has 2 unspecified atom stereocenters. The molecule has 1 aliphatic rings. The van der Waals surface area contributed by atoms with E-state index in [1.165, 1.54) is 0 Å². The Kier molecular flexibility index (Phi) is 6.65. The molecule has 1 aromatic heterocycles. The van der Waals surface area contributed by atoms with E-state index in [-0.39, 0.29) is 34.6 Å². The molecule has 3 aromatic rings. The van der Waals surface area contributed by atoms with Gasteiger partial charge in [-0.2, -0.15) is 0 Å². The maximum absolute atomic E-state index is 13.0. The van der Waals surface area contributed by atoms with Gasteiger partial charge in [0.15, 0.2) is 15.9 Å². The molecule has 9 heteroatoms. The Bertz CT molecular complexity index is 1370. The number of aryl methyl sites for hydroxylation is 1. The zero-order chi connectivity index (χ0) is 24.5. The van der Waals surface area contributed by atoms with Crippen LogP contribution in [0, 0.1) is 6.92 Å². The minimum atomic E-state index is -3.11. The molecular weight excluding hydrogens is 458 g/mol. The summed E-state index contributed by atoms with van der Waals surface area (Å²) in [4.78, 5) is 27.5. The van der Waals surface area contributed by atoms with E-state index in [1.807, 2.05) is 25.1 Å². The van der Waals surface area contributed by atoms with Crippen LogP contribution in [0.3, 0.4) is 0 Å². The van der Waals surface area contributed by atoms with Gasteiger partial charge < -0.3 is 18.8 Å². The summed E-state index contributed by atoms with van der Waals surface area (Å²) < 4.78 is 41.1. The highest BCUT2D eigenvalue weighted by atomic mass is 32.2. The highest BCUT2D eigenvalue weighted by Gasteiger charge is 2.35. The van der Waals surface area contributed by atoms with Gasteiger partial charge in [-0.1, -0.05) is 18.2 Å². The van der Waals surface area contributed by atoms with E-state index in [1.54, 1.807) is 49.1 Å². The zero-order valence-corrected chi connectivity index (χ0v) is 20.1. The van der Waals surface area contributed by atoms with Crippen molar-refractivity contribution in [3.05, 3.63) is 64.5 Å². The molecule has 34 heavy (non-hydrogen) atoms. The largest absolute Gasteiger partial charge is 0.481 e. The number of ether oxygens (including phenoxy) is 2. The topological polar surface area (TPSA) is 103 Å². The van der Waals surface area contributed by atoms with Crippen LogP contribution in [0.1, 0.15) is 26.0 Å². The fraction of sp³-hybridized carbons (Fsp3) is 0.360. The van der Waals surface area contributed by atoms with Gasteiger partial charge in [0.1, 0.15) is 22.8 Å². The first-order chi connectivity index (χ1) is 16.2. The average molecular weight is 486 g/mol. The van der Waals surface area contributed by atoms with Crippen LogP contribution in [-0.4, -0.2) is 49.4 Å². The molecule has 180 valence electrons. The fourth-order valence-electron chi connectivity index (χ4n) is 4.17. The first kappa shape index (κ1) is 23.8. The van der Waals surface area contributed by atoms with Crippen LogP contribution in [0.4, 0.5) is 0 Å². The van der Waals surface area contributed by atoms with Gasteiger partial charge in [-0.25, -0.2) is 8.42 Å². The van der Waals surface area contributed by atoms with Crippen molar-refractivity contribution in [2.45, 2.75) is 39.3 Å². The third-order valence-corrected chi connectivity index (χ3v) is 7.63. The van der Waals surface area contributed by atoms with Crippen molar-refractivity contribution < 1.29 is 27.1 Å². The summed E-state index contributed by atoms with van der Waals surface area (Å²) >= 11 is 0. The molecule has 2 atom stereocenters. The Balaban J connectivity index is 1.54. The molecule has 4 rings (SSSR count). The smallest absolute Gasteiger partial charge is 0.263 e. The number of amides is 1. The summed E-state index contributed by atoms with van der Waals surface area (Å²) in [5.41, 5.74) is 0.00664. The van der Waals surface area contributed by atoms with Crippen molar-refractivity contribution in [1.82, 2.24) is 4.90 Å². The van der Waals surface area contributed by atoms with E-state index in [0.717, 1.165) is 0 Å². The van der Waals surface area contributed by atoms with Gasteiger partial charge >= 0.3 is 0 Å². The van der Waals surface area contributed by atoms with Gasteiger partial charge in [0, 0.05) is 18.7 Å². The number of benzene rings is 2. The van der Waals surface area contributed by atoms with Gasteiger partial charge in [-0.15, -0.1) is 0 Å². The molecule has 0 bridgehead atoms. The van der Waals surface area contributed by atoms with Crippen LogP contribution in [0.25, 0.3) is 11.0 Å². The van der Waals surface area contributed by atoms with Crippen LogP contribution in [0.2, 0.25) is 0 Å². The van der Waals surface area contributed by atoms with E-state index in [0.29, 0.717) is 41.2 Å². The first-order valence-electron chi connectivity index (χ1n) is 11.2. The van der Waals surface area contributed by atoms with Crippen LogP contribution < -0.4 is 14.9 Å². The van der Waals surface area contributed by atoms with Crippen molar-refractivity contribution in [3.63, 3.8) is 0 Å². The number of nitrogens with zero attached hydrogens (tertiary/aromatic N) is 1. The molecule has 2 heterocycles. The molecule has 0 N–H and O–H groups in total. The fourth-order valence-corrected chi connectivity index (χ4v) is 5.90. The summed E-state index contributed by atoms with van der Waals surface area (Å²) in [5, 5.41) is 0.328. The van der Waals surface area contributed by atoms with Crippen molar-refractivity contribution in [3.8, 4) is 17.2 Å². The Morgan fingerprint density at radius 2 is 1.91 bits per heavy atom. The second kappa shape index (κ2) is 9.50. The molecule has 0 saturated carbocycles. The number of hydrogen-bond donors (Lipinski definition) is 0. The molecule has 0 spiro atoms. The second-order valence-electron chi connectivity index (χ2n) is 8.33. The normalized spacial score (nSPS) is 17.9. The molecule has 1 fully saturated rings. The highest BCUT2D eigenvalue weighted by molar-refractivity contribution is 7.91. The second-order valence-corrected chi connectivity index (χ2v) is 10.6. The average Bonchev–Trinajstić information content (AvgIpc) is 3.16. The third kappa shape index (κ3) is 4.94. The van der Waals surface area contributed by atoms with E-state index in [2.05, 4.69) is 0 Å². The van der Waals surface area contributed by atoms with Crippen molar-refractivity contribution >= 4 is 26.7 Å². The molecule has 1 amide bonds. The predicted molar refractivity (Wildman–Crippen MR) is 128 cm³/mol. The number of sulfone groups is 1. The Hall–Kier alpha value is -3.33. The van der Waals surface area contributed by atoms with E-state index in [9.17, 15) is 18.0 Å². The lowest BCUT2D eigenvalue weighted by Crippen LogP contribution is -2.46. The monoisotopic (exact) mass is 485 g/mol. The van der Waals surface area contributed by atoms with Crippen molar-refractivity contribution in [2.75, 3.05) is 18.1 Å². The molecule has 2 aromatic carbocycles. The minimum Gasteiger partial charge on any atom is -0.481 e. The zero-order valence-electron chi connectivity index (χ0n) is 19.3. The third-order valence-electron chi connectivity index (χ3n) is 5.88. The minimum absolute atomic E-state index is 0.0207. The van der Waals surface area contributed by atoms with E-state index >= 15 is 0 Å². The summed E-state index contributed by atoms with van der Waals surface area (Å²) in [7, 11) is -3.11. The lowest BCUT2D eigenvalue weighted by atomic mass is 10.2. The summed E-state index contributed by atoms with van der Waals surface area (Å²) in [6.07, 6.45) is -0.406. The number of fused-ring (bicyclic) bond motifs is 1. The van der Waals surface area contributed by atoms with E-state index < -0.39 is 15.9 Å². The molecule has 1 aliphatic heterocycles. The summed E-state index contributed by atoms with van der Waals surface area (Å²) in [5.74, 6) is 1.11. The lowest BCUT2D eigenvalue weighted by molar-refractivity contribution is -0.139. The van der Waals surface area contributed by atoms with Crippen LogP contribution in [0.5, 0.6) is 17.2 Å². The number of hydrogen-bond acceptors (Lipinski definition) is 7. The maximum atomic E-state index is 13.0. The molecule has 1 saturated heterocycles. The number of para-hydroxylation sites is 1. The standard InChI is InChI=1S/C25H27NO7S/c1-4-26(18-12-13-34(29,30)15-18)25(28)17(3)31-20-10-11-21-22(14-20)32-16(2)24(23(21)27)33-19-8-6-5-7-9-19/h5-11,14,17-18H,4,12-13,15H2,1-3H3. The predicted octanol–water partition coefficient (Wildman–Crippen LogP) is 3.70. The van der Waals surface area contributed by atoms with E-state index in [4.69, 9.17) is 13.9 Å². The van der Waals surface area contributed by atoms with Crippen molar-refractivity contribution in [2.24, 2.45) is 0 Å².